The van der Waals surface area contributed by atoms with E-state index in [2.05, 4.69) is 52.0 Å². The second kappa shape index (κ2) is 9.67. The van der Waals surface area contributed by atoms with Crippen molar-refractivity contribution in [2.45, 2.75) is 19.9 Å². The molecule has 0 fully saturated rings. The first-order valence-corrected chi connectivity index (χ1v) is 9.36. The van der Waals surface area contributed by atoms with Gasteiger partial charge in [-0.1, -0.05) is 42.5 Å². The summed E-state index contributed by atoms with van der Waals surface area (Å²) in [5.74, 6) is 1.06. The Kier molecular flexibility index (Phi) is 6.76. The third-order valence-electron chi connectivity index (χ3n) is 4.44. The van der Waals surface area contributed by atoms with Crippen LogP contribution in [0.25, 0.3) is 0 Å². The van der Waals surface area contributed by atoms with Gasteiger partial charge in [-0.2, -0.15) is 0 Å². The summed E-state index contributed by atoms with van der Waals surface area (Å²) in [6, 6.07) is 20.0. The van der Waals surface area contributed by atoms with Crippen LogP contribution in [0.2, 0.25) is 0 Å². The van der Waals surface area contributed by atoms with Gasteiger partial charge >= 0.3 is 0 Å². The van der Waals surface area contributed by atoms with E-state index < -0.39 is 0 Å². The summed E-state index contributed by atoms with van der Waals surface area (Å²) in [5.41, 5.74) is 4.10. The Hall–Kier alpha value is -3.18. The normalized spacial score (nSPS) is 10.5. The zero-order valence-corrected chi connectivity index (χ0v) is 16.2. The number of nitrogens with zero attached hydrogens (tertiary/aromatic N) is 1. The first kappa shape index (κ1) is 19.6. The van der Waals surface area contributed by atoms with Crippen LogP contribution < -0.4 is 15.4 Å². The van der Waals surface area contributed by atoms with E-state index in [4.69, 9.17) is 4.74 Å². The fourth-order valence-corrected chi connectivity index (χ4v) is 2.87. The molecular formula is C23H25N3O2. The van der Waals surface area contributed by atoms with E-state index >= 15 is 0 Å². The van der Waals surface area contributed by atoms with E-state index in [9.17, 15) is 4.79 Å². The second-order valence-electron chi connectivity index (χ2n) is 6.58. The minimum absolute atomic E-state index is 0.166. The largest absolute Gasteiger partial charge is 0.439 e. The van der Waals surface area contributed by atoms with E-state index in [0.717, 1.165) is 30.8 Å². The lowest BCUT2D eigenvalue weighted by atomic mass is 10.1. The number of carbonyl (C=O) groups excluding carboxylic acids is 1. The van der Waals surface area contributed by atoms with Crippen molar-refractivity contribution >= 4 is 5.91 Å². The third-order valence-corrected chi connectivity index (χ3v) is 4.44. The van der Waals surface area contributed by atoms with Crippen LogP contribution in [0.5, 0.6) is 11.6 Å². The average molecular weight is 375 g/mol. The van der Waals surface area contributed by atoms with E-state index in [0.29, 0.717) is 11.4 Å². The monoisotopic (exact) mass is 375 g/mol. The molecule has 28 heavy (non-hydrogen) atoms. The van der Waals surface area contributed by atoms with Crippen LogP contribution in [0.4, 0.5) is 0 Å². The van der Waals surface area contributed by atoms with Gasteiger partial charge in [0.15, 0.2) is 0 Å². The van der Waals surface area contributed by atoms with E-state index in [1.807, 2.05) is 19.1 Å². The number of aromatic nitrogens is 1. The molecule has 5 heteroatoms. The van der Waals surface area contributed by atoms with Gasteiger partial charge in [0.05, 0.1) is 5.56 Å². The van der Waals surface area contributed by atoms with Gasteiger partial charge in [0.25, 0.3) is 5.91 Å². The van der Waals surface area contributed by atoms with Crippen LogP contribution in [-0.2, 0) is 13.0 Å². The molecule has 1 aromatic heterocycles. The van der Waals surface area contributed by atoms with E-state index in [1.165, 1.54) is 17.3 Å². The van der Waals surface area contributed by atoms with Gasteiger partial charge in [-0.05, 0) is 48.7 Å². The van der Waals surface area contributed by atoms with Crippen LogP contribution >= 0.6 is 0 Å². The first-order valence-electron chi connectivity index (χ1n) is 9.36. The zero-order valence-electron chi connectivity index (χ0n) is 16.2. The molecule has 3 aromatic rings. The van der Waals surface area contributed by atoms with Crippen LogP contribution in [0.1, 0.15) is 27.0 Å². The lowest BCUT2D eigenvalue weighted by Crippen LogP contribution is -2.17. The molecular weight excluding hydrogens is 350 g/mol. The molecule has 0 saturated carbocycles. The van der Waals surface area contributed by atoms with Crippen LogP contribution in [-0.4, -0.2) is 24.5 Å². The summed E-state index contributed by atoms with van der Waals surface area (Å²) in [6.45, 7) is 3.81. The van der Waals surface area contributed by atoms with Gasteiger partial charge in [-0.15, -0.1) is 0 Å². The fraction of sp³-hybridized carbons (Fsp3) is 0.217. The number of hydrogen-bond donors (Lipinski definition) is 2. The molecule has 144 valence electrons. The molecule has 1 heterocycles. The molecule has 0 atom stereocenters. The Bertz CT molecular complexity index is 909. The summed E-state index contributed by atoms with van der Waals surface area (Å²) in [4.78, 5) is 15.8. The summed E-state index contributed by atoms with van der Waals surface area (Å²) in [6.07, 6.45) is 2.46. The number of nitrogens with one attached hydrogen (secondary N) is 2. The number of amides is 1. The first-order chi connectivity index (χ1) is 13.7. The second-order valence-corrected chi connectivity index (χ2v) is 6.58. The van der Waals surface area contributed by atoms with Crippen molar-refractivity contribution in [3.63, 3.8) is 0 Å². The number of rotatable bonds is 8. The summed E-state index contributed by atoms with van der Waals surface area (Å²) in [5, 5.41) is 6.04. The van der Waals surface area contributed by atoms with Crippen molar-refractivity contribution in [3.05, 3.63) is 89.1 Å². The zero-order chi connectivity index (χ0) is 19.8. The number of hydrogen-bond acceptors (Lipinski definition) is 4. The SMILES string of the molecule is CNC(=O)c1ccc(Oc2ccc(CCNCc3ccccc3)cc2C)nc1. The quantitative estimate of drug-likeness (QED) is 0.587. The smallest absolute Gasteiger partial charge is 0.252 e. The molecule has 0 aliphatic heterocycles. The number of ether oxygens (including phenoxy) is 1. The molecule has 0 unspecified atom stereocenters. The summed E-state index contributed by atoms with van der Waals surface area (Å²) < 4.78 is 5.86. The fourth-order valence-electron chi connectivity index (χ4n) is 2.87. The molecule has 0 aliphatic rings. The topological polar surface area (TPSA) is 63.2 Å². The van der Waals surface area contributed by atoms with Crippen molar-refractivity contribution in [2.75, 3.05) is 13.6 Å². The van der Waals surface area contributed by atoms with Gasteiger partial charge in [0.1, 0.15) is 5.75 Å². The Morgan fingerprint density at radius 2 is 1.86 bits per heavy atom. The molecule has 0 aliphatic carbocycles. The van der Waals surface area contributed by atoms with Gasteiger partial charge in [0, 0.05) is 25.9 Å². The molecule has 0 saturated heterocycles. The Labute approximate surface area is 165 Å². The highest BCUT2D eigenvalue weighted by Gasteiger charge is 2.07. The van der Waals surface area contributed by atoms with Crippen molar-refractivity contribution in [1.82, 2.24) is 15.6 Å². The minimum Gasteiger partial charge on any atom is -0.439 e. The molecule has 0 bridgehead atoms. The van der Waals surface area contributed by atoms with Gasteiger partial charge in [0.2, 0.25) is 5.88 Å². The maximum absolute atomic E-state index is 11.6. The van der Waals surface area contributed by atoms with Crippen molar-refractivity contribution in [2.24, 2.45) is 0 Å². The predicted molar refractivity (Wildman–Crippen MR) is 111 cm³/mol. The summed E-state index contributed by atoms with van der Waals surface area (Å²) in [7, 11) is 1.59. The highest BCUT2D eigenvalue weighted by molar-refractivity contribution is 5.93. The number of aryl methyl sites for hydroxylation is 1. The Balaban J connectivity index is 1.52. The lowest BCUT2D eigenvalue weighted by Gasteiger charge is -2.11. The highest BCUT2D eigenvalue weighted by atomic mass is 16.5. The molecule has 2 N–H and O–H groups in total. The Morgan fingerprint density at radius 1 is 1.04 bits per heavy atom. The third kappa shape index (κ3) is 5.41. The maximum atomic E-state index is 11.6. The van der Waals surface area contributed by atoms with Crippen LogP contribution in [0.15, 0.2) is 66.9 Å². The molecule has 2 aromatic carbocycles. The Morgan fingerprint density at radius 3 is 2.54 bits per heavy atom. The van der Waals surface area contributed by atoms with Gasteiger partial charge < -0.3 is 15.4 Å². The van der Waals surface area contributed by atoms with Crippen molar-refractivity contribution in [3.8, 4) is 11.6 Å². The summed E-state index contributed by atoms with van der Waals surface area (Å²) >= 11 is 0. The number of benzene rings is 2. The molecule has 5 nitrogen and oxygen atoms in total. The van der Waals surface area contributed by atoms with E-state index in [-0.39, 0.29) is 5.91 Å². The number of carbonyl (C=O) groups is 1. The molecule has 0 radical (unpaired) electrons. The average Bonchev–Trinajstić information content (AvgIpc) is 2.74. The van der Waals surface area contributed by atoms with Gasteiger partial charge in [-0.3, -0.25) is 4.79 Å². The minimum atomic E-state index is -0.166. The predicted octanol–water partition coefficient (Wildman–Crippen LogP) is 3.87. The lowest BCUT2D eigenvalue weighted by molar-refractivity contribution is 0.0962. The maximum Gasteiger partial charge on any atom is 0.252 e. The van der Waals surface area contributed by atoms with Crippen molar-refractivity contribution < 1.29 is 9.53 Å². The molecule has 0 spiro atoms. The van der Waals surface area contributed by atoms with Crippen LogP contribution in [0.3, 0.4) is 0 Å². The van der Waals surface area contributed by atoms with Crippen LogP contribution in [0, 0.1) is 6.92 Å². The standard InChI is InChI=1S/C23H25N3O2/c1-17-14-18(12-13-25-15-19-6-4-3-5-7-19)8-10-21(17)28-22-11-9-20(16-26-22)23(27)24-2/h3-11,14,16,25H,12-13,15H2,1-2H3,(H,24,27). The van der Waals surface area contributed by atoms with Crippen molar-refractivity contribution in [1.29, 1.82) is 0 Å². The highest BCUT2D eigenvalue weighted by Crippen LogP contribution is 2.24. The number of pyridine rings is 1. The van der Waals surface area contributed by atoms with Gasteiger partial charge in [-0.25, -0.2) is 4.98 Å². The molecule has 3 rings (SSSR count). The molecule has 1 amide bonds. The van der Waals surface area contributed by atoms with E-state index in [1.54, 1.807) is 19.2 Å².